The van der Waals surface area contributed by atoms with Crippen molar-refractivity contribution in [3.05, 3.63) is 92.0 Å². The maximum Gasteiger partial charge on any atom is 0.339 e. The first kappa shape index (κ1) is 39.7. The molecule has 290 valence electrons. The molecular weight excluding hydrogens is 704 g/mol. The predicted molar refractivity (Wildman–Crippen MR) is 198 cm³/mol. The van der Waals surface area contributed by atoms with Gasteiger partial charge in [0.2, 0.25) is 0 Å². The lowest BCUT2D eigenvalue weighted by molar-refractivity contribution is -0.385. The SMILES string of the molecule is O=C(O)c1cc(OCCCCOCC2CCCN2c2ccc([N+](=O)[O-])cc2)c(C(=O)O)cc1OCCCCOCC1CCCN1c1ccc([N+](=O)[O-])cc1. The van der Waals surface area contributed by atoms with Crippen molar-refractivity contribution >= 4 is 34.7 Å². The van der Waals surface area contributed by atoms with Crippen molar-refractivity contribution in [1.82, 2.24) is 0 Å². The Morgan fingerprint density at radius 1 is 0.630 bits per heavy atom. The van der Waals surface area contributed by atoms with Crippen LogP contribution < -0.4 is 19.3 Å². The van der Waals surface area contributed by atoms with E-state index in [1.54, 1.807) is 24.3 Å². The number of non-ortho nitro benzene ring substituents is 2. The molecule has 2 aliphatic rings. The van der Waals surface area contributed by atoms with E-state index in [-0.39, 0.29) is 59.3 Å². The highest BCUT2D eigenvalue weighted by molar-refractivity contribution is 5.97. The van der Waals surface area contributed by atoms with Crippen molar-refractivity contribution < 1.29 is 48.6 Å². The Morgan fingerprint density at radius 2 is 1.00 bits per heavy atom. The predicted octanol–water partition coefficient (Wildman–Crippen LogP) is 6.59. The summed E-state index contributed by atoms with van der Waals surface area (Å²) in [6.45, 7) is 3.93. The maximum absolute atomic E-state index is 12.1. The van der Waals surface area contributed by atoms with Gasteiger partial charge in [-0.1, -0.05) is 0 Å². The fourth-order valence-corrected chi connectivity index (χ4v) is 6.78. The molecule has 2 fully saturated rings. The first-order valence-electron chi connectivity index (χ1n) is 18.2. The van der Waals surface area contributed by atoms with Gasteiger partial charge >= 0.3 is 11.9 Å². The highest BCUT2D eigenvalue weighted by Crippen LogP contribution is 2.31. The third-order valence-electron chi connectivity index (χ3n) is 9.58. The number of aromatic carboxylic acids is 2. The lowest BCUT2D eigenvalue weighted by Gasteiger charge is -2.26. The number of carboxylic acid groups (broad SMARTS) is 2. The molecule has 0 radical (unpaired) electrons. The summed E-state index contributed by atoms with van der Waals surface area (Å²) in [5, 5.41) is 41.6. The largest absolute Gasteiger partial charge is 0.493 e. The van der Waals surface area contributed by atoms with Crippen LogP contribution in [0.25, 0.3) is 0 Å². The normalized spacial score (nSPS) is 16.7. The van der Waals surface area contributed by atoms with Gasteiger partial charge in [0.05, 0.1) is 48.4 Å². The molecule has 2 saturated heterocycles. The molecule has 0 bridgehead atoms. The van der Waals surface area contributed by atoms with Crippen LogP contribution >= 0.6 is 0 Å². The van der Waals surface area contributed by atoms with Gasteiger partial charge in [-0.05, 0) is 87.8 Å². The Balaban J connectivity index is 1.01. The Bertz CT molecular complexity index is 1610. The molecule has 0 amide bonds. The summed E-state index contributed by atoms with van der Waals surface area (Å²) in [6.07, 6.45) is 6.28. The first-order chi connectivity index (χ1) is 26.1. The molecule has 2 N–H and O–H groups in total. The van der Waals surface area contributed by atoms with Crippen LogP contribution in [-0.4, -0.2) is 96.8 Å². The van der Waals surface area contributed by atoms with Crippen LogP contribution in [0.3, 0.4) is 0 Å². The molecule has 0 aromatic heterocycles. The molecule has 0 spiro atoms. The van der Waals surface area contributed by atoms with Crippen LogP contribution in [-0.2, 0) is 9.47 Å². The number of unbranched alkanes of at least 4 members (excludes halogenated alkanes) is 2. The lowest BCUT2D eigenvalue weighted by Crippen LogP contribution is -2.33. The van der Waals surface area contributed by atoms with Gasteiger partial charge in [-0.25, -0.2) is 9.59 Å². The molecule has 2 unspecified atom stereocenters. The Labute approximate surface area is 312 Å². The summed E-state index contributed by atoms with van der Waals surface area (Å²) in [4.78, 5) is 49.6. The van der Waals surface area contributed by atoms with Crippen LogP contribution in [0, 0.1) is 20.2 Å². The number of carbonyl (C=O) groups is 2. The van der Waals surface area contributed by atoms with Gasteiger partial charge in [0.1, 0.15) is 22.6 Å². The zero-order valence-corrected chi connectivity index (χ0v) is 30.0. The number of carboxylic acids is 2. The smallest absolute Gasteiger partial charge is 0.339 e. The van der Waals surface area contributed by atoms with E-state index in [0.717, 1.165) is 50.1 Å². The summed E-state index contributed by atoms with van der Waals surface area (Å²) in [5.41, 5.74) is 1.54. The fraction of sp³-hybridized carbons (Fsp3) is 0.474. The number of hydrogen-bond acceptors (Lipinski definition) is 12. The highest BCUT2D eigenvalue weighted by Gasteiger charge is 2.27. The number of rotatable bonds is 22. The molecule has 16 heteroatoms. The highest BCUT2D eigenvalue weighted by atomic mass is 16.6. The van der Waals surface area contributed by atoms with Gasteiger partial charge in [-0.2, -0.15) is 0 Å². The Kier molecular flexibility index (Phi) is 14.4. The van der Waals surface area contributed by atoms with Gasteiger partial charge in [-0.15, -0.1) is 0 Å². The van der Waals surface area contributed by atoms with E-state index in [1.807, 2.05) is 0 Å². The second kappa shape index (κ2) is 19.6. The minimum absolute atomic E-state index is 0.0500. The number of nitrogens with zero attached hydrogens (tertiary/aromatic N) is 4. The second-order valence-electron chi connectivity index (χ2n) is 13.2. The van der Waals surface area contributed by atoms with Crippen LogP contribution in [0.1, 0.15) is 72.1 Å². The van der Waals surface area contributed by atoms with E-state index >= 15 is 0 Å². The second-order valence-corrected chi connectivity index (χ2v) is 13.2. The van der Waals surface area contributed by atoms with Gasteiger partial charge in [0.15, 0.2) is 0 Å². The summed E-state index contributed by atoms with van der Waals surface area (Å²) in [7, 11) is 0. The molecule has 2 atom stereocenters. The van der Waals surface area contributed by atoms with Crippen molar-refractivity contribution in [3.8, 4) is 11.5 Å². The summed E-state index contributed by atoms with van der Waals surface area (Å²) in [6, 6.07) is 15.7. The summed E-state index contributed by atoms with van der Waals surface area (Å²) in [5.74, 6) is -2.65. The van der Waals surface area contributed by atoms with E-state index in [0.29, 0.717) is 52.1 Å². The number of anilines is 2. The number of benzene rings is 3. The number of hydrogen-bond donors (Lipinski definition) is 2. The van der Waals surface area contributed by atoms with E-state index in [1.165, 1.54) is 36.4 Å². The van der Waals surface area contributed by atoms with Crippen molar-refractivity contribution in [2.75, 3.05) is 62.5 Å². The van der Waals surface area contributed by atoms with Crippen molar-refractivity contribution in [1.29, 1.82) is 0 Å². The average Bonchev–Trinajstić information content (AvgIpc) is 3.84. The summed E-state index contributed by atoms with van der Waals surface area (Å²) < 4.78 is 23.3. The molecule has 16 nitrogen and oxygen atoms in total. The van der Waals surface area contributed by atoms with Crippen molar-refractivity contribution in [2.45, 2.75) is 63.5 Å². The fourth-order valence-electron chi connectivity index (χ4n) is 6.78. The quantitative estimate of drug-likeness (QED) is 0.0632. The molecule has 0 aliphatic carbocycles. The van der Waals surface area contributed by atoms with Crippen molar-refractivity contribution in [3.63, 3.8) is 0 Å². The Morgan fingerprint density at radius 3 is 1.35 bits per heavy atom. The molecule has 0 saturated carbocycles. The Hall–Kier alpha value is -5.48. The van der Waals surface area contributed by atoms with E-state index in [4.69, 9.17) is 18.9 Å². The van der Waals surface area contributed by atoms with Gasteiger partial charge in [0, 0.05) is 61.9 Å². The van der Waals surface area contributed by atoms with Crippen LogP contribution in [0.4, 0.5) is 22.7 Å². The minimum Gasteiger partial charge on any atom is -0.493 e. The average molecular weight is 751 g/mol. The third-order valence-corrected chi connectivity index (χ3v) is 9.58. The number of nitro groups is 2. The summed E-state index contributed by atoms with van der Waals surface area (Å²) >= 11 is 0. The molecule has 3 aromatic rings. The lowest BCUT2D eigenvalue weighted by atomic mass is 10.1. The maximum atomic E-state index is 12.1. The van der Waals surface area contributed by atoms with Crippen LogP contribution in [0.5, 0.6) is 11.5 Å². The van der Waals surface area contributed by atoms with Crippen LogP contribution in [0.2, 0.25) is 0 Å². The van der Waals surface area contributed by atoms with Gasteiger partial charge < -0.3 is 39.0 Å². The van der Waals surface area contributed by atoms with Crippen molar-refractivity contribution in [2.24, 2.45) is 0 Å². The zero-order valence-electron chi connectivity index (χ0n) is 30.0. The van der Waals surface area contributed by atoms with E-state index < -0.39 is 21.8 Å². The molecule has 2 heterocycles. The minimum atomic E-state index is -1.27. The number of ether oxygens (including phenoxy) is 4. The molecule has 3 aromatic carbocycles. The third kappa shape index (κ3) is 10.8. The van der Waals surface area contributed by atoms with E-state index in [2.05, 4.69) is 9.80 Å². The standard InChI is InChI=1S/C38H46N4O12/c43-37(44)33-24-36(54-22-4-2-20-52-26-32-8-6-18-40(32)28-11-15-30(16-12-28)42(49)50)34(38(45)46)23-35(33)53-21-3-1-19-51-25-31-7-5-17-39(31)27-9-13-29(14-10-27)41(47)48/h9-16,23-24,31-32H,1-8,17-22,25-26H2,(H,43,44)(H,45,46). The van der Waals surface area contributed by atoms with E-state index in [9.17, 15) is 40.0 Å². The van der Waals surface area contributed by atoms with Gasteiger partial charge in [-0.3, -0.25) is 20.2 Å². The van der Waals surface area contributed by atoms with Crippen LogP contribution in [0.15, 0.2) is 60.7 Å². The molecular formula is C38H46N4O12. The number of nitro benzene ring substituents is 2. The molecule has 5 rings (SSSR count). The monoisotopic (exact) mass is 750 g/mol. The topological polar surface area (TPSA) is 204 Å². The van der Waals surface area contributed by atoms with Gasteiger partial charge in [0.25, 0.3) is 11.4 Å². The molecule has 54 heavy (non-hydrogen) atoms. The zero-order chi connectivity index (χ0) is 38.5. The molecule has 2 aliphatic heterocycles. The first-order valence-corrected chi connectivity index (χ1v) is 18.2.